The summed E-state index contributed by atoms with van der Waals surface area (Å²) in [5.74, 6) is 0.542. The molecule has 0 spiro atoms. The molecular weight excluding hydrogens is 332 g/mol. The van der Waals surface area contributed by atoms with E-state index in [4.69, 9.17) is 9.47 Å². The number of amides is 1. The van der Waals surface area contributed by atoms with Crippen LogP contribution in [0.5, 0.6) is 5.75 Å². The van der Waals surface area contributed by atoms with Crippen molar-refractivity contribution in [2.24, 2.45) is 5.92 Å². The normalized spacial score (nSPS) is 19.8. The molecule has 2 aliphatic carbocycles. The van der Waals surface area contributed by atoms with Gasteiger partial charge in [0.1, 0.15) is 24.2 Å². The minimum Gasteiger partial charge on any atom is -0.491 e. The van der Waals surface area contributed by atoms with Crippen LogP contribution < -0.4 is 10.1 Å². The molecule has 6 heteroatoms. The van der Waals surface area contributed by atoms with Crippen molar-refractivity contribution in [3.8, 4) is 11.8 Å². The third kappa shape index (κ3) is 4.16. The molecule has 0 aromatic heterocycles. The molecule has 0 radical (unpaired) electrons. The third-order valence-electron chi connectivity index (χ3n) is 4.71. The van der Waals surface area contributed by atoms with Crippen molar-refractivity contribution in [2.45, 2.75) is 57.6 Å². The average Bonchev–Trinajstić information content (AvgIpc) is 3.17. The molecule has 1 unspecified atom stereocenters. The van der Waals surface area contributed by atoms with Gasteiger partial charge in [-0.3, -0.25) is 0 Å². The molecule has 2 aliphatic rings. The predicted octanol–water partition coefficient (Wildman–Crippen LogP) is 2.91. The van der Waals surface area contributed by atoms with Crippen LogP contribution in [0.15, 0.2) is 12.1 Å². The number of aldehydes is 1. The van der Waals surface area contributed by atoms with E-state index >= 15 is 0 Å². The van der Waals surface area contributed by atoms with E-state index < -0.39 is 17.2 Å². The van der Waals surface area contributed by atoms with Gasteiger partial charge in [0.05, 0.1) is 17.2 Å². The van der Waals surface area contributed by atoms with Gasteiger partial charge in [0.2, 0.25) is 0 Å². The van der Waals surface area contributed by atoms with Crippen LogP contribution in [-0.2, 0) is 22.4 Å². The van der Waals surface area contributed by atoms with Crippen molar-refractivity contribution in [2.75, 3.05) is 6.61 Å². The topological polar surface area (TPSA) is 88.4 Å². The lowest BCUT2D eigenvalue weighted by Gasteiger charge is -2.23. The number of fused-ring (bicyclic) bond motifs is 1. The highest BCUT2D eigenvalue weighted by molar-refractivity contribution is 5.69. The van der Waals surface area contributed by atoms with Crippen LogP contribution in [-0.4, -0.2) is 30.1 Å². The number of rotatable bonds is 5. The summed E-state index contributed by atoms with van der Waals surface area (Å²) >= 11 is 0. The number of hydrogen-bond donors (Lipinski definition) is 1. The lowest BCUT2D eigenvalue weighted by Crippen LogP contribution is -2.44. The first-order valence-electron chi connectivity index (χ1n) is 8.89. The Kier molecular flexibility index (Phi) is 4.66. The summed E-state index contributed by atoms with van der Waals surface area (Å²) < 4.78 is 11.2. The first-order chi connectivity index (χ1) is 12.2. The Hall–Kier alpha value is -2.55. The highest BCUT2D eigenvalue weighted by Gasteiger charge is 2.46. The maximum absolute atomic E-state index is 12.0. The Bertz CT molecular complexity index is 769. The van der Waals surface area contributed by atoms with Gasteiger partial charge in [-0.2, -0.15) is 5.26 Å². The van der Waals surface area contributed by atoms with Crippen molar-refractivity contribution in [1.29, 1.82) is 5.26 Å². The van der Waals surface area contributed by atoms with Gasteiger partial charge in [-0.1, -0.05) is 0 Å². The number of carbonyl (C=O) groups is 2. The summed E-state index contributed by atoms with van der Waals surface area (Å²) in [5.41, 5.74) is 1.56. The van der Waals surface area contributed by atoms with E-state index in [1.807, 2.05) is 26.8 Å². The molecule has 6 nitrogen and oxygen atoms in total. The molecular formula is C20H24N2O4. The van der Waals surface area contributed by atoms with Gasteiger partial charge < -0.3 is 19.6 Å². The van der Waals surface area contributed by atoms with Crippen LogP contribution in [0, 0.1) is 17.2 Å². The second-order valence-electron chi connectivity index (χ2n) is 8.22. The number of carbonyl (C=O) groups excluding carboxylic acids is 2. The van der Waals surface area contributed by atoms with Crippen molar-refractivity contribution < 1.29 is 19.1 Å². The lowest BCUT2D eigenvalue weighted by molar-refractivity contribution is -0.110. The third-order valence-corrected chi connectivity index (χ3v) is 4.71. The summed E-state index contributed by atoms with van der Waals surface area (Å²) in [6, 6.07) is 5.82. The number of nitrogens with zero attached hydrogens (tertiary/aromatic N) is 1. The quantitative estimate of drug-likeness (QED) is 0.820. The van der Waals surface area contributed by atoms with Crippen LogP contribution >= 0.6 is 0 Å². The van der Waals surface area contributed by atoms with E-state index in [-0.39, 0.29) is 5.92 Å². The molecule has 1 atom stereocenters. The zero-order chi connectivity index (χ0) is 18.9. The molecule has 0 aliphatic heterocycles. The molecule has 1 amide bonds. The Morgan fingerprint density at radius 1 is 1.38 bits per heavy atom. The molecule has 0 saturated heterocycles. The molecule has 1 aromatic carbocycles. The van der Waals surface area contributed by atoms with Crippen LogP contribution in [0.4, 0.5) is 4.79 Å². The van der Waals surface area contributed by atoms with Crippen LogP contribution in [0.3, 0.4) is 0 Å². The van der Waals surface area contributed by atoms with E-state index in [0.717, 1.165) is 30.3 Å². The molecule has 0 bridgehead atoms. The number of hydrogen-bond acceptors (Lipinski definition) is 5. The first kappa shape index (κ1) is 18.2. The molecule has 26 heavy (non-hydrogen) atoms. The van der Waals surface area contributed by atoms with E-state index in [2.05, 4.69) is 11.4 Å². The second-order valence-corrected chi connectivity index (χ2v) is 8.22. The molecule has 1 N–H and O–H groups in total. The van der Waals surface area contributed by atoms with Gasteiger partial charge in [-0.05, 0) is 69.7 Å². The Balaban J connectivity index is 1.65. The summed E-state index contributed by atoms with van der Waals surface area (Å²) in [5, 5.41) is 12.3. The SMILES string of the molecule is CC(C)(C)OC(=O)NC1(COc2cc(C#N)c3c(c2)CC(C=O)C3)CC1. The van der Waals surface area contributed by atoms with Crippen molar-refractivity contribution in [3.63, 3.8) is 0 Å². The fourth-order valence-corrected chi connectivity index (χ4v) is 3.22. The van der Waals surface area contributed by atoms with Gasteiger partial charge in [-0.25, -0.2) is 4.79 Å². The van der Waals surface area contributed by atoms with Crippen LogP contribution in [0.1, 0.15) is 50.3 Å². The van der Waals surface area contributed by atoms with Gasteiger partial charge in [0.25, 0.3) is 0 Å². The van der Waals surface area contributed by atoms with E-state index in [9.17, 15) is 14.9 Å². The average molecular weight is 356 g/mol. The van der Waals surface area contributed by atoms with Gasteiger partial charge >= 0.3 is 6.09 Å². The fraction of sp³-hybridized carbons (Fsp3) is 0.550. The number of nitriles is 1. The molecule has 1 fully saturated rings. The monoisotopic (exact) mass is 356 g/mol. The number of benzene rings is 1. The maximum atomic E-state index is 12.0. The summed E-state index contributed by atoms with van der Waals surface area (Å²) in [6.07, 6.45) is 3.42. The minimum absolute atomic E-state index is 0.0593. The summed E-state index contributed by atoms with van der Waals surface area (Å²) in [6.45, 7) is 5.79. The van der Waals surface area contributed by atoms with Crippen LogP contribution in [0.25, 0.3) is 0 Å². The largest absolute Gasteiger partial charge is 0.491 e. The van der Waals surface area contributed by atoms with Crippen molar-refractivity contribution >= 4 is 12.4 Å². The number of nitrogens with one attached hydrogen (secondary N) is 1. The Labute approximate surface area is 153 Å². The van der Waals surface area contributed by atoms with Crippen LogP contribution in [0.2, 0.25) is 0 Å². The molecule has 138 valence electrons. The molecule has 1 saturated carbocycles. The van der Waals surface area contributed by atoms with Gasteiger partial charge in [0, 0.05) is 5.92 Å². The lowest BCUT2D eigenvalue weighted by atomic mass is 10.0. The van der Waals surface area contributed by atoms with E-state index in [0.29, 0.717) is 30.8 Å². The number of alkyl carbamates (subject to hydrolysis) is 1. The standard InChI is InChI=1S/C20H24N2O4/c1-19(2,3)26-18(24)22-20(4-5-20)12-25-16-8-14-6-13(11-23)7-17(14)15(9-16)10-21/h8-9,11,13H,4-7,12H2,1-3H3,(H,22,24). The Morgan fingerprint density at radius 3 is 2.69 bits per heavy atom. The second kappa shape index (κ2) is 6.64. The highest BCUT2D eigenvalue weighted by atomic mass is 16.6. The number of ether oxygens (including phenoxy) is 2. The fourth-order valence-electron chi connectivity index (χ4n) is 3.22. The van der Waals surface area contributed by atoms with Gasteiger partial charge in [-0.15, -0.1) is 0 Å². The predicted molar refractivity (Wildman–Crippen MR) is 94.9 cm³/mol. The first-order valence-corrected chi connectivity index (χ1v) is 8.89. The summed E-state index contributed by atoms with van der Waals surface area (Å²) in [7, 11) is 0. The zero-order valence-electron chi connectivity index (χ0n) is 15.4. The van der Waals surface area contributed by atoms with Crippen molar-refractivity contribution in [1.82, 2.24) is 5.32 Å². The smallest absolute Gasteiger partial charge is 0.408 e. The van der Waals surface area contributed by atoms with Crippen molar-refractivity contribution in [3.05, 3.63) is 28.8 Å². The zero-order valence-corrected chi connectivity index (χ0v) is 15.4. The molecule has 0 heterocycles. The molecule has 3 rings (SSSR count). The van der Waals surface area contributed by atoms with E-state index in [1.54, 1.807) is 6.07 Å². The van der Waals surface area contributed by atoms with E-state index in [1.165, 1.54) is 0 Å². The van der Waals surface area contributed by atoms with Gasteiger partial charge in [0.15, 0.2) is 0 Å². The molecule has 1 aromatic rings. The minimum atomic E-state index is -0.544. The summed E-state index contributed by atoms with van der Waals surface area (Å²) in [4.78, 5) is 23.0. The Morgan fingerprint density at radius 2 is 2.12 bits per heavy atom. The highest BCUT2D eigenvalue weighted by Crippen LogP contribution is 2.37. The maximum Gasteiger partial charge on any atom is 0.408 e.